The van der Waals surface area contributed by atoms with Crippen molar-refractivity contribution in [1.82, 2.24) is 5.32 Å². The maximum absolute atomic E-state index is 11.7. The lowest BCUT2D eigenvalue weighted by atomic mass is 10.1. The zero-order valence-electron chi connectivity index (χ0n) is 9.94. The first-order valence-corrected chi connectivity index (χ1v) is 8.16. The Morgan fingerprint density at radius 1 is 1.44 bits per heavy atom. The fraction of sp³-hybridized carbons (Fsp3) is 0.364. The van der Waals surface area contributed by atoms with Gasteiger partial charge in [0.05, 0.1) is 11.3 Å². The van der Waals surface area contributed by atoms with Crippen LogP contribution in [0.15, 0.2) is 22.7 Å². The van der Waals surface area contributed by atoms with E-state index >= 15 is 0 Å². The smallest absolute Gasteiger partial charge is 0.253 e. The summed E-state index contributed by atoms with van der Waals surface area (Å²) in [6, 6.07) is 4.98. The Morgan fingerprint density at radius 3 is 2.67 bits per heavy atom. The van der Waals surface area contributed by atoms with Gasteiger partial charge < -0.3 is 11.1 Å². The molecule has 0 saturated heterocycles. The summed E-state index contributed by atoms with van der Waals surface area (Å²) in [5, 5.41) is 2.63. The zero-order valence-corrected chi connectivity index (χ0v) is 12.3. The largest absolute Gasteiger partial charge is 0.398 e. The minimum absolute atomic E-state index is 0.0586. The standard InChI is InChI=1S/C11H15BrN2O3S/c1-18(16,17)6-2-5-14-11(15)9-4-3-8(12)7-10(9)13/h3-4,7H,2,5-6,13H2,1H3,(H,14,15). The third kappa shape index (κ3) is 5.05. The van der Waals surface area contributed by atoms with Crippen molar-refractivity contribution in [3.63, 3.8) is 0 Å². The van der Waals surface area contributed by atoms with E-state index in [0.29, 0.717) is 24.2 Å². The van der Waals surface area contributed by atoms with Crippen LogP contribution in [0.5, 0.6) is 0 Å². The summed E-state index contributed by atoms with van der Waals surface area (Å²) in [5.41, 5.74) is 6.48. The summed E-state index contributed by atoms with van der Waals surface area (Å²) >= 11 is 3.25. The van der Waals surface area contributed by atoms with Crippen molar-refractivity contribution in [3.05, 3.63) is 28.2 Å². The number of nitrogen functional groups attached to an aromatic ring is 1. The molecule has 0 atom stereocenters. The van der Waals surface area contributed by atoms with Crippen LogP contribution in [0.3, 0.4) is 0 Å². The highest BCUT2D eigenvalue weighted by Crippen LogP contribution is 2.18. The maximum atomic E-state index is 11.7. The van der Waals surface area contributed by atoms with E-state index in [1.807, 2.05) is 0 Å². The van der Waals surface area contributed by atoms with Gasteiger partial charge in [-0.05, 0) is 24.6 Å². The summed E-state index contributed by atoms with van der Waals surface area (Å²) in [4.78, 5) is 11.7. The van der Waals surface area contributed by atoms with Crippen molar-refractivity contribution < 1.29 is 13.2 Å². The van der Waals surface area contributed by atoms with E-state index in [2.05, 4.69) is 21.2 Å². The SMILES string of the molecule is CS(=O)(=O)CCCNC(=O)c1ccc(Br)cc1N. The van der Waals surface area contributed by atoms with Crippen molar-refractivity contribution in [2.75, 3.05) is 24.3 Å². The summed E-state index contributed by atoms with van der Waals surface area (Å²) in [7, 11) is -2.98. The van der Waals surface area contributed by atoms with Gasteiger partial charge in [-0.25, -0.2) is 8.42 Å². The predicted octanol–water partition coefficient (Wildman–Crippen LogP) is 1.20. The van der Waals surface area contributed by atoms with Gasteiger partial charge in [0.25, 0.3) is 5.91 Å². The van der Waals surface area contributed by atoms with E-state index in [0.717, 1.165) is 4.47 Å². The molecule has 0 spiro atoms. The number of nitrogens with two attached hydrogens (primary N) is 1. The van der Waals surface area contributed by atoms with Crippen LogP contribution >= 0.6 is 15.9 Å². The van der Waals surface area contributed by atoms with Crippen molar-refractivity contribution in [2.45, 2.75) is 6.42 Å². The molecule has 1 rings (SSSR count). The Morgan fingerprint density at radius 2 is 2.11 bits per heavy atom. The van der Waals surface area contributed by atoms with Crippen molar-refractivity contribution in [2.24, 2.45) is 0 Å². The molecule has 0 radical (unpaired) electrons. The van der Waals surface area contributed by atoms with Gasteiger partial charge in [-0.15, -0.1) is 0 Å². The predicted molar refractivity (Wildman–Crippen MR) is 75.2 cm³/mol. The molecule has 0 saturated carbocycles. The topological polar surface area (TPSA) is 89.3 Å². The van der Waals surface area contributed by atoms with Gasteiger partial charge in [-0.3, -0.25) is 4.79 Å². The monoisotopic (exact) mass is 334 g/mol. The number of hydrogen-bond acceptors (Lipinski definition) is 4. The fourth-order valence-electron chi connectivity index (χ4n) is 1.37. The molecule has 1 amide bonds. The molecule has 1 aromatic carbocycles. The molecule has 7 heteroatoms. The Kier molecular flexibility index (Phi) is 5.15. The molecule has 3 N–H and O–H groups in total. The zero-order chi connectivity index (χ0) is 13.8. The van der Waals surface area contributed by atoms with Crippen LogP contribution in [0, 0.1) is 0 Å². The quantitative estimate of drug-likeness (QED) is 0.625. The summed E-state index contributed by atoms with van der Waals surface area (Å²) in [6.07, 6.45) is 1.56. The third-order valence-corrected chi connectivity index (χ3v) is 3.76. The number of benzene rings is 1. The second kappa shape index (κ2) is 6.19. The third-order valence-electron chi connectivity index (χ3n) is 2.24. The van der Waals surface area contributed by atoms with Gasteiger partial charge in [0.1, 0.15) is 9.84 Å². The van der Waals surface area contributed by atoms with Crippen LogP contribution in [0.2, 0.25) is 0 Å². The van der Waals surface area contributed by atoms with Crippen LogP contribution in [0.4, 0.5) is 5.69 Å². The molecule has 100 valence electrons. The van der Waals surface area contributed by atoms with Gasteiger partial charge in [0.2, 0.25) is 0 Å². The molecule has 0 fully saturated rings. The van der Waals surface area contributed by atoms with E-state index in [1.54, 1.807) is 18.2 Å². The number of anilines is 1. The minimum Gasteiger partial charge on any atom is -0.398 e. The normalized spacial score (nSPS) is 11.2. The molecule has 0 aromatic heterocycles. The summed E-state index contributed by atoms with van der Waals surface area (Å²) in [6.45, 7) is 0.307. The number of nitrogens with one attached hydrogen (secondary N) is 1. The molecule has 0 unspecified atom stereocenters. The Labute approximate surface area is 115 Å². The van der Waals surface area contributed by atoms with E-state index in [4.69, 9.17) is 5.73 Å². The first kappa shape index (κ1) is 15.0. The molecular formula is C11H15BrN2O3S. The Hall–Kier alpha value is -1.08. The van der Waals surface area contributed by atoms with Gasteiger partial charge >= 0.3 is 0 Å². The van der Waals surface area contributed by atoms with E-state index in [9.17, 15) is 13.2 Å². The van der Waals surface area contributed by atoms with Gasteiger partial charge in [-0.1, -0.05) is 15.9 Å². The van der Waals surface area contributed by atoms with Gasteiger partial charge in [-0.2, -0.15) is 0 Å². The van der Waals surface area contributed by atoms with Crippen LogP contribution in [-0.4, -0.2) is 32.9 Å². The fourth-order valence-corrected chi connectivity index (χ4v) is 2.42. The molecule has 18 heavy (non-hydrogen) atoms. The summed E-state index contributed by atoms with van der Waals surface area (Å²) < 4.78 is 22.6. The number of carbonyl (C=O) groups excluding carboxylic acids is 1. The molecular weight excluding hydrogens is 320 g/mol. The molecule has 0 aliphatic heterocycles. The second-order valence-corrected chi connectivity index (χ2v) is 7.15. The lowest BCUT2D eigenvalue weighted by Gasteiger charge is -2.07. The van der Waals surface area contributed by atoms with E-state index in [-0.39, 0.29) is 11.7 Å². The van der Waals surface area contributed by atoms with Gasteiger partial charge in [0.15, 0.2) is 0 Å². The number of rotatable bonds is 5. The number of carbonyl (C=O) groups is 1. The van der Waals surface area contributed by atoms with Crippen LogP contribution in [0.1, 0.15) is 16.8 Å². The summed E-state index contributed by atoms with van der Waals surface area (Å²) in [5.74, 6) is -0.239. The highest BCUT2D eigenvalue weighted by Gasteiger charge is 2.09. The van der Waals surface area contributed by atoms with Crippen LogP contribution in [-0.2, 0) is 9.84 Å². The van der Waals surface area contributed by atoms with Crippen molar-refractivity contribution in [1.29, 1.82) is 0 Å². The van der Waals surface area contributed by atoms with E-state index < -0.39 is 9.84 Å². The highest BCUT2D eigenvalue weighted by atomic mass is 79.9. The lowest BCUT2D eigenvalue weighted by molar-refractivity contribution is 0.0954. The Balaban J connectivity index is 2.51. The molecule has 0 heterocycles. The van der Waals surface area contributed by atoms with Crippen LogP contribution in [0.25, 0.3) is 0 Å². The molecule has 0 bridgehead atoms. The van der Waals surface area contributed by atoms with Crippen molar-refractivity contribution in [3.8, 4) is 0 Å². The first-order valence-electron chi connectivity index (χ1n) is 5.30. The molecule has 1 aromatic rings. The second-order valence-electron chi connectivity index (χ2n) is 3.97. The highest BCUT2D eigenvalue weighted by molar-refractivity contribution is 9.10. The molecule has 0 aliphatic rings. The van der Waals surface area contributed by atoms with Gasteiger partial charge in [0, 0.05) is 23.0 Å². The number of halogens is 1. The average Bonchev–Trinajstić information content (AvgIpc) is 2.22. The molecule has 0 aliphatic carbocycles. The average molecular weight is 335 g/mol. The maximum Gasteiger partial charge on any atom is 0.253 e. The number of hydrogen-bond donors (Lipinski definition) is 2. The first-order chi connectivity index (χ1) is 8.29. The number of amides is 1. The Bertz CT molecular complexity index is 543. The lowest BCUT2D eigenvalue weighted by Crippen LogP contribution is -2.26. The van der Waals surface area contributed by atoms with E-state index in [1.165, 1.54) is 6.26 Å². The molecule has 5 nitrogen and oxygen atoms in total. The number of sulfone groups is 1. The minimum atomic E-state index is -2.98. The van der Waals surface area contributed by atoms with Crippen LogP contribution < -0.4 is 11.1 Å². The van der Waals surface area contributed by atoms with Crippen molar-refractivity contribution >= 4 is 37.4 Å².